The van der Waals surface area contributed by atoms with E-state index < -0.39 is 0 Å². The molecule has 0 spiro atoms. The van der Waals surface area contributed by atoms with Crippen LogP contribution in [0.2, 0.25) is 0 Å². The van der Waals surface area contributed by atoms with Gasteiger partial charge in [0, 0.05) is 12.2 Å². The maximum absolute atomic E-state index is 13.1. The molecule has 1 aliphatic heterocycles. The SMILES string of the molecule is C[C@H]1OCCN[C@@H]1C(=O)Nc1ccc(F)c(Br)c1.Cl. The number of morpholine rings is 1. The molecule has 1 aromatic carbocycles. The normalized spacial score (nSPS) is 22.5. The highest BCUT2D eigenvalue weighted by molar-refractivity contribution is 9.10. The van der Waals surface area contributed by atoms with Crippen molar-refractivity contribution in [2.45, 2.75) is 19.1 Å². The molecule has 4 nitrogen and oxygen atoms in total. The zero-order valence-corrected chi connectivity index (χ0v) is 12.7. The van der Waals surface area contributed by atoms with Gasteiger partial charge in [-0.15, -0.1) is 12.4 Å². The fourth-order valence-electron chi connectivity index (χ4n) is 1.82. The van der Waals surface area contributed by atoms with E-state index in [0.717, 1.165) is 0 Å². The van der Waals surface area contributed by atoms with Crippen molar-refractivity contribution in [3.8, 4) is 0 Å². The maximum Gasteiger partial charge on any atom is 0.244 e. The third-order valence-electron chi connectivity index (χ3n) is 2.79. The van der Waals surface area contributed by atoms with Crippen molar-refractivity contribution in [3.05, 3.63) is 28.5 Å². The summed E-state index contributed by atoms with van der Waals surface area (Å²) in [6.07, 6.45) is -0.178. The standard InChI is InChI=1S/C12H14BrFN2O2.ClH/c1-7-11(15-4-5-18-7)12(17)16-8-2-3-10(14)9(13)6-8;/h2-3,6-7,11,15H,4-5H2,1H3,(H,16,17);1H/t7-,11+;/m1./s1. The molecule has 1 saturated heterocycles. The molecule has 106 valence electrons. The molecule has 1 aromatic rings. The van der Waals surface area contributed by atoms with Crippen LogP contribution in [0.15, 0.2) is 22.7 Å². The van der Waals surface area contributed by atoms with Gasteiger partial charge in [0.1, 0.15) is 11.9 Å². The summed E-state index contributed by atoms with van der Waals surface area (Å²) in [7, 11) is 0. The van der Waals surface area contributed by atoms with Crippen LogP contribution in [0, 0.1) is 5.82 Å². The molecule has 2 rings (SSSR count). The van der Waals surface area contributed by atoms with Gasteiger partial charge >= 0.3 is 0 Å². The molecule has 0 aromatic heterocycles. The number of rotatable bonds is 2. The Morgan fingerprint density at radius 2 is 2.32 bits per heavy atom. The Hall–Kier alpha value is -0.690. The Bertz CT molecular complexity index is 461. The second kappa shape index (κ2) is 7.19. The Morgan fingerprint density at radius 3 is 2.95 bits per heavy atom. The highest BCUT2D eigenvalue weighted by Crippen LogP contribution is 2.20. The number of carbonyl (C=O) groups is 1. The number of halogens is 3. The smallest absolute Gasteiger partial charge is 0.244 e. The van der Waals surface area contributed by atoms with Gasteiger partial charge in [-0.1, -0.05) is 0 Å². The minimum Gasteiger partial charge on any atom is -0.375 e. The van der Waals surface area contributed by atoms with Crippen molar-refractivity contribution in [1.82, 2.24) is 5.32 Å². The van der Waals surface area contributed by atoms with Crippen LogP contribution in [0.1, 0.15) is 6.92 Å². The van der Waals surface area contributed by atoms with E-state index in [1.807, 2.05) is 6.92 Å². The van der Waals surface area contributed by atoms with Crippen molar-refractivity contribution in [2.75, 3.05) is 18.5 Å². The topological polar surface area (TPSA) is 50.4 Å². The molecule has 1 aliphatic rings. The first kappa shape index (κ1) is 16.4. The van der Waals surface area contributed by atoms with E-state index in [1.54, 1.807) is 0 Å². The first-order chi connectivity index (χ1) is 8.58. The first-order valence-electron chi connectivity index (χ1n) is 5.69. The van der Waals surface area contributed by atoms with E-state index in [9.17, 15) is 9.18 Å². The maximum atomic E-state index is 13.1. The molecular weight excluding hydrogens is 338 g/mol. The molecule has 0 radical (unpaired) electrons. The summed E-state index contributed by atoms with van der Waals surface area (Å²) in [5.74, 6) is -0.541. The van der Waals surface area contributed by atoms with Crippen LogP contribution < -0.4 is 10.6 Å². The van der Waals surface area contributed by atoms with Crippen LogP contribution in [0.5, 0.6) is 0 Å². The number of hydrogen-bond acceptors (Lipinski definition) is 3. The van der Waals surface area contributed by atoms with Crippen LogP contribution in [-0.2, 0) is 9.53 Å². The van der Waals surface area contributed by atoms with Gasteiger partial charge in [0.05, 0.1) is 17.2 Å². The van der Waals surface area contributed by atoms with E-state index in [0.29, 0.717) is 23.3 Å². The summed E-state index contributed by atoms with van der Waals surface area (Å²) < 4.78 is 18.8. The molecule has 1 amide bonds. The lowest BCUT2D eigenvalue weighted by atomic mass is 10.1. The van der Waals surface area contributed by atoms with Gasteiger partial charge in [0.2, 0.25) is 5.91 Å². The van der Waals surface area contributed by atoms with Crippen LogP contribution in [0.25, 0.3) is 0 Å². The van der Waals surface area contributed by atoms with E-state index >= 15 is 0 Å². The first-order valence-corrected chi connectivity index (χ1v) is 6.48. The Morgan fingerprint density at radius 1 is 1.58 bits per heavy atom. The number of hydrogen-bond donors (Lipinski definition) is 2. The fourth-order valence-corrected chi connectivity index (χ4v) is 2.20. The molecular formula is C12H15BrClFN2O2. The second-order valence-electron chi connectivity index (χ2n) is 4.13. The minimum atomic E-state index is -0.387. The van der Waals surface area contributed by atoms with Gasteiger partial charge in [-0.2, -0.15) is 0 Å². The monoisotopic (exact) mass is 352 g/mol. The van der Waals surface area contributed by atoms with Gasteiger partial charge in [-0.3, -0.25) is 4.79 Å². The molecule has 19 heavy (non-hydrogen) atoms. The van der Waals surface area contributed by atoms with Gasteiger partial charge in [0.25, 0.3) is 0 Å². The lowest BCUT2D eigenvalue weighted by Gasteiger charge is -2.29. The van der Waals surface area contributed by atoms with Crippen LogP contribution in [0.3, 0.4) is 0 Å². The Balaban J connectivity index is 0.00000180. The predicted molar refractivity (Wildman–Crippen MR) is 77.2 cm³/mol. The molecule has 0 aliphatic carbocycles. The Kier molecular flexibility index (Phi) is 6.19. The molecule has 0 unspecified atom stereocenters. The van der Waals surface area contributed by atoms with Crippen LogP contribution in [-0.4, -0.2) is 31.2 Å². The Labute approximate surface area is 125 Å². The average Bonchev–Trinajstić information content (AvgIpc) is 2.34. The zero-order valence-electron chi connectivity index (χ0n) is 10.3. The van der Waals surface area contributed by atoms with Crippen molar-refractivity contribution in [3.63, 3.8) is 0 Å². The number of carbonyl (C=O) groups excluding carboxylic acids is 1. The summed E-state index contributed by atoms with van der Waals surface area (Å²) >= 11 is 3.08. The summed E-state index contributed by atoms with van der Waals surface area (Å²) in [5, 5.41) is 5.82. The van der Waals surface area contributed by atoms with E-state index in [4.69, 9.17) is 4.74 Å². The molecule has 0 saturated carbocycles. The van der Waals surface area contributed by atoms with Gasteiger partial charge in [-0.25, -0.2) is 4.39 Å². The average molecular weight is 354 g/mol. The third-order valence-corrected chi connectivity index (χ3v) is 3.39. The lowest BCUT2D eigenvalue weighted by molar-refractivity contribution is -0.123. The van der Waals surface area contributed by atoms with Gasteiger partial charge < -0.3 is 15.4 Å². The summed E-state index contributed by atoms with van der Waals surface area (Å²) in [6, 6.07) is 3.96. The summed E-state index contributed by atoms with van der Waals surface area (Å²) in [6.45, 7) is 3.10. The van der Waals surface area contributed by atoms with Crippen LogP contribution >= 0.6 is 28.3 Å². The highest BCUT2D eigenvalue weighted by Gasteiger charge is 2.28. The summed E-state index contributed by atoms with van der Waals surface area (Å²) in [5.41, 5.74) is 0.549. The minimum absolute atomic E-state index is 0. The quantitative estimate of drug-likeness (QED) is 0.858. The number of nitrogens with one attached hydrogen (secondary N) is 2. The molecule has 1 fully saturated rings. The number of anilines is 1. The van der Waals surface area contributed by atoms with Crippen molar-refractivity contribution < 1.29 is 13.9 Å². The molecule has 2 atom stereocenters. The van der Waals surface area contributed by atoms with Crippen molar-refractivity contribution in [2.24, 2.45) is 0 Å². The van der Waals surface area contributed by atoms with E-state index in [1.165, 1.54) is 18.2 Å². The second-order valence-corrected chi connectivity index (χ2v) is 4.98. The predicted octanol–water partition coefficient (Wildman–Crippen LogP) is 2.33. The number of ether oxygens (including phenoxy) is 1. The molecule has 2 N–H and O–H groups in total. The lowest BCUT2D eigenvalue weighted by Crippen LogP contribution is -2.53. The van der Waals surface area contributed by atoms with E-state index in [2.05, 4.69) is 26.6 Å². The highest BCUT2D eigenvalue weighted by atomic mass is 79.9. The summed E-state index contributed by atoms with van der Waals surface area (Å²) in [4.78, 5) is 12.0. The zero-order chi connectivity index (χ0) is 13.1. The van der Waals surface area contributed by atoms with Crippen molar-refractivity contribution >= 4 is 39.9 Å². The molecule has 1 heterocycles. The largest absolute Gasteiger partial charge is 0.375 e. The van der Waals surface area contributed by atoms with Crippen LogP contribution in [0.4, 0.5) is 10.1 Å². The van der Waals surface area contributed by atoms with E-state index in [-0.39, 0.29) is 36.3 Å². The number of benzene rings is 1. The van der Waals surface area contributed by atoms with Crippen molar-refractivity contribution in [1.29, 1.82) is 0 Å². The van der Waals surface area contributed by atoms with Gasteiger partial charge in [0.15, 0.2) is 0 Å². The number of amides is 1. The third kappa shape index (κ3) is 4.14. The van der Waals surface area contributed by atoms with Gasteiger partial charge in [-0.05, 0) is 41.1 Å². The fraction of sp³-hybridized carbons (Fsp3) is 0.417. The molecule has 0 bridgehead atoms. The molecule has 7 heteroatoms.